The second-order valence-corrected chi connectivity index (χ2v) is 6.48. The van der Waals surface area contributed by atoms with Crippen molar-refractivity contribution < 1.29 is 17.2 Å². The van der Waals surface area contributed by atoms with Gasteiger partial charge in [-0.1, -0.05) is 23.7 Å². The van der Waals surface area contributed by atoms with E-state index < -0.39 is 33.1 Å². The minimum atomic E-state index is -3.91. The first-order valence-corrected chi connectivity index (χ1v) is 7.79. The number of hydrogen-bond acceptors (Lipinski definition) is 3. The molecule has 0 atom stereocenters. The molecule has 112 valence electrons. The van der Waals surface area contributed by atoms with Gasteiger partial charge in [0.05, 0.1) is 10.8 Å². The Morgan fingerprint density at radius 1 is 1.19 bits per heavy atom. The van der Waals surface area contributed by atoms with Crippen LogP contribution < -0.4 is 10.5 Å². The maximum atomic E-state index is 13.6. The van der Waals surface area contributed by atoms with Crippen LogP contribution >= 0.6 is 11.6 Å². The molecular weight excluding hydrogens is 322 g/mol. The summed E-state index contributed by atoms with van der Waals surface area (Å²) in [6, 6.07) is 7.64. The Balaban J connectivity index is 2.26. The van der Waals surface area contributed by atoms with Crippen molar-refractivity contribution in [2.75, 3.05) is 10.5 Å². The molecule has 2 rings (SSSR count). The molecule has 21 heavy (non-hydrogen) atoms. The number of rotatable bonds is 4. The zero-order chi connectivity index (χ0) is 15.6. The van der Waals surface area contributed by atoms with Crippen LogP contribution in [0.5, 0.6) is 0 Å². The SMILES string of the molecule is Nc1cccc(CS(=O)(=O)Nc2c(F)cc(F)cc2Cl)c1. The Labute approximate surface area is 125 Å². The molecule has 0 aliphatic carbocycles. The first-order chi connectivity index (χ1) is 9.77. The molecule has 0 fully saturated rings. The van der Waals surface area contributed by atoms with Crippen LogP contribution in [0.1, 0.15) is 5.56 Å². The third kappa shape index (κ3) is 4.05. The number of benzene rings is 2. The smallest absolute Gasteiger partial charge is 0.237 e. The predicted octanol–water partition coefficient (Wildman–Crippen LogP) is 3.14. The zero-order valence-corrected chi connectivity index (χ0v) is 12.2. The number of halogens is 3. The summed E-state index contributed by atoms with van der Waals surface area (Å²) in [4.78, 5) is 0. The van der Waals surface area contributed by atoms with Gasteiger partial charge < -0.3 is 5.73 Å². The van der Waals surface area contributed by atoms with Gasteiger partial charge in [-0.25, -0.2) is 17.2 Å². The number of nitrogen functional groups attached to an aromatic ring is 1. The van der Waals surface area contributed by atoms with Crippen LogP contribution in [0.4, 0.5) is 20.2 Å². The molecule has 3 N–H and O–H groups in total. The summed E-state index contributed by atoms with van der Waals surface area (Å²) in [5.41, 5.74) is 5.92. The van der Waals surface area contributed by atoms with Crippen molar-refractivity contribution >= 4 is 33.0 Å². The summed E-state index contributed by atoms with van der Waals surface area (Å²) in [5, 5.41) is -0.358. The van der Waals surface area contributed by atoms with E-state index >= 15 is 0 Å². The molecule has 0 aliphatic heterocycles. The molecule has 0 aliphatic rings. The molecule has 0 saturated heterocycles. The Morgan fingerprint density at radius 3 is 2.52 bits per heavy atom. The van der Waals surface area contributed by atoms with E-state index in [1.807, 2.05) is 4.72 Å². The highest BCUT2D eigenvalue weighted by Gasteiger charge is 2.18. The number of nitrogens with one attached hydrogen (secondary N) is 1. The van der Waals surface area contributed by atoms with Gasteiger partial charge in [-0.2, -0.15) is 0 Å². The molecule has 0 unspecified atom stereocenters. The van der Waals surface area contributed by atoms with Crippen molar-refractivity contribution in [2.24, 2.45) is 0 Å². The fraction of sp³-hybridized carbons (Fsp3) is 0.0769. The second-order valence-electron chi connectivity index (χ2n) is 4.35. The maximum absolute atomic E-state index is 13.6. The van der Waals surface area contributed by atoms with Gasteiger partial charge in [0.25, 0.3) is 0 Å². The number of hydrogen-bond donors (Lipinski definition) is 2. The van der Waals surface area contributed by atoms with Crippen molar-refractivity contribution in [1.82, 2.24) is 0 Å². The van der Waals surface area contributed by atoms with Crippen LogP contribution in [-0.2, 0) is 15.8 Å². The van der Waals surface area contributed by atoms with Gasteiger partial charge in [0.2, 0.25) is 10.0 Å². The molecule has 0 spiro atoms. The molecule has 0 saturated carbocycles. The summed E-state index contributed by atoms with van der Waals surface area (Å²) in [6.45, 7) is 0. The van der Waals surface area contributed by atoms with E-state index in [1.165, 1.54) is 6.07 Å². The average molecular weight is 333 g/mol. The van der Waals surface area contributed by atoms with E-state index in [1.54, 1.807) is 18.2 Å². The monoisotopic (exact) mass is 332 g/mol. The molecule has 0 bridgehead atoms. The van der Waals surface area contributed by atoms with Crippen LogP contribution in [0.3, 0.4) is 0 Å². The van der Waals surface area contributed by atoms with E-state index in [9.17, 15) is 17.2 Å². The van der Waals surface area contributed by atoms with Gasteiger partial charge in [0.1, 0.15) is 11.5 Å². The highest BCUT2D eigenvalue weighted by Crippen LogP contribution is 2.27. The van der Waals surface area contributed by atoms with Crippen molar-refractivity contribution in [1.29, 1.82) is 0 Å². The highest BCUT2D eigenvalue weighted by molar-refractivity contribution is 7.91. The lowest BCUT2D eigenvalue weighted by Crippen LogP contribution is -2.16. The molecule has 8 heteroatoms. The number of sulfonamides is 1. The van der Waals surface area contributed by atoms with Gasteiger partial charge >= 0.3 is 0 Å². The van der Waals surface area contributed by atoms with E-state index in [0.717, 1.165) is 6.07 Å². The quantitative estimate of drug-likeness (QED) is 0.845. The number of nitrogens with two attached hydrogens (primary N) is 1. The van der Waals surface area contributed by atoms with Crippen LogP contribution in [0.15, 0.2) is 36.4 Å². The fourth-order valence-electron chi connectivity index (χ4n) is 1.73. The Bertz CT molecular complexity index is 758. The van der Waals surface area contributed by atoms with E-state index in [-0.39, 0.29) is 5.02 Å². The first-order valence-electron chi connectivity index (χ1n) is 5.76. The van der Waals surface area contributed by atoms with Crippen LogP contribution in [0, 0.1) is 11.6 Å². The fourth-order valence-corrected chi connectivity index (χ4v) is 3.24. The lowest BCUT2D eigenvalue weighted by Gasteiger charge is -2.11. The van der Waals surface area contributed by atoms with Crippen LogP contribution in [0.2, 0.25) is 5.02 Å². The van der Waals surface area contributed by atoms with Gasteiger partial charge in [-0.05, 0) is 23.8 Å². The number of anilines is 2. The normalized spacial score (nSPS) is 11.4. The second kappa shape index (κ2) is 5.87. The molecule has 0 heterocycles. The van der Waals surface area contributed by atoms with Crippen molar-refractivity contribution in [3.8, 4) is 0 Å². The molecule has 2 aromatic rings. The van der Waals surface area contributed by atoms with Gasteiger partial charge in [-0.3, -0.25) is 4.72 Å². The molecule has 2 aromatic carbocycles. The lowest BCUT2D eigenvalue weighted by molar-refractivity contribution is 0.582. The molecule has 0 amide bonds. The lowest BCUT2D eigenvalue weighted by atomic mass is 10.2. The minimum absolute atomic E-state index is 0.358. The first kappa shape index (κ1) is 15.5. The highest BCUT2D eigenvalue weighted by atomic mass is 35.5. The third-order valence-electron chi connectivity index (χ3n) is 2.57. The third-order valence-corrected chi connectivity index (χ3v) is 4.10. The molecular formula is C13H11ClF2N2O2S. The molecule has 0 aromatic heterocycles. The van der Waals surface area contributed by atoms with Crippen molar-refractivity contribution in [3.63, 3.8) is 0 Å². The summed E-state index contributed by atoms with van der Waals surface area (Å²) in [5.74, 6) is -2.39. The average Bonchev–Trinajstić information content (AvgIpc) is 2.33. The van der Waals surface area contributed by atoms with Gasteiger partial charge in [0.15, 0.2) is 5.82 Å². The predicted molar refractivity (Wildman–Crippen MR) is 78.5 cm³/mol. The Morgan fingerprint density at radius 2 is 1.90 bits per heavy atom. The Kier molecular flexibility index (Phi) is 4.34. The Hall–Kier alpha value is -1.86. The molecule has 0 radical (unpaired) electrons. The van der Waals surface area contributed by atoms with E-state index in [0.29, 0.717) is 17.3 Å². The minimum Gasteiger partial charge on any atom is -0.399 e. The van der Waals surface area contributed by atoms with Crippen LogP contribution in [-0.4, -0.2) is 8.42 Å². The zero-order valence-electron chi connectivity index (χ0n) is 10.6. The van der Waals surface area contributed by atoms with E-state index in [2.05, 4.69) is 0 Å². The summed E-state index contributed by atoms with van der Waals surface area (Å²) in [7, 11) is -3.91. The van der Waals surface area contributed by atoms with Gasteiger partial charge in [0, 0.05) is 11.8 Å². The summed E-state index contributed by atoms with van der Waals surface area (Å²) < 4.78 is 52.5. The summed E-state index contributed by atoms with van der Waals surface area (Å²) >= 11 is 5.64. The molecule has 4 nitrogen and oxygen atoms in total. The topological polar surface area (TPSA) is 72.2 Å². The largest absolute Gasteiger partial charge is 0.399 e. The van der Waals surface area contributed by atoms with Gasteiger partial charge in [-0.15, -0.1) is 0 Å². The van der Waals surface area contributed by atoms with Crippen molar-refractivity contribution in [2.45, 2.75) is 5.75 Å². The maximum Gasteiger partial charge on any atom is 0.237 e. The van der Waals surface area contributed by atoms with Crippen LogP contribution in [0.25, 0.3) is 0 Å². The standard InChI is InChI=1S/C13H11ClF2N2O2S/c14-11-5-9(15)6-12(16)13(11)18-21(19,20)7-8-2-1-3-10(17)4-8/h1-6,18H,7,17H2. The van der Waals surface area contributed by atoms with Crippen molar-refractivity contribution in [3.05, 3.63) is 58.6 Å². The van der Waals surface area contributed by atoms with E-state index in [4.69, 9.17) is 17.3 Å². The summed E-state index contributed by atoms with van der Waals surface area (Å²) in [6.07, 6.45) is 0.